The Morgan fingerprint density at radius 2 is 2.67 bits per heavy atom. The minimum atomic E-state index is 0.394. The number of carbonyl (C=O) groups excluding carboxylic acids is 1. The first-order valence-corrected chi connectivity index (χ1v) is 2.36. The summed E-state index contributed by atoms with van der Waals surface area (Å²) in [5.74, 6) is 0.394. The normalized spacial score (nSPS) is 9.00. The molecule has 1 heterocycles. The monoisotopic (exact) mass is 125 g/mol. The molecule has 1 radical (unpaired) electrons. The van der Waals surface area contributed by atoms with Gasteiger partial charge in [0.05, 0.1) is 6.20 Å². The maximum absolute atomic E-state index is 9.64. The Labute approximate surface area is 52.0 Å². The van der Waals surface area contributed by atoms with Gasteiger partial charge in [-0.05, 0) is 0 Å². The molecule has 0 atom stereocenters. The van der Waals surface area contributed by atoms with Crippen molar-refractivity contribution >= 4 is 6.47 Å². The Hall–Kier alpha value is -1.32. The fourth-order valence-electron chi connectivity index (χ4n) is 0.505. The van der Waals surface area contributed by atoms with E-state index in [0.29, 0.717) is 5.88 Å². The van der Waals surface area contributed by atoms with Crippen LogP contribution in [0.2, 0.25) is 0 Å². The van der Waals surface area contributed by atoms with E-state index in [1.807, 2.05) is 0 Å². The average Bonchev–Trinajstić information content (AvgIpc) is 2.18. The molecule has 1 aromatic rings. The molecule has 0 spiro atoms. The van der Waals surface area contributed by atoms with Gasteiger partial charge in [-0.25, -0.2) is 9.48 Å². The van der Waals surface area contributed by atoms with Crippen LogP contribution in [0.15, 0.2) is 12.3 Å². The van der Waals surface area contributed by atoms with E-state index >= 15 is 0 Å². The number of ether oxygens (including phenoxy) is 1. The van der Waals surface area contributed by atoms with Crippen molar-refractivity contribution in [2.24, 2.45) is 7.05 Å². The van der Waals surface area contributed by atoms with E-state index in [1.54, 1.807) is 13.1 Å². The molecule has 0 aliphatic heterocycles. The third kappa shape index (κ3) is 1.07. The van der Waals surface area contributed by atoms with E-state index in [-0.39, 0.29) is 0 Å². The zero-order valence-corrected chi connectivity index (χ0v) is 4.87. The van der Waals surface area contributed by atoms with Gasteiger partial charge < -0.3 is 4.74 Å². The van der Waals surface area contributed by atoms with Gasteiger partial charge in [0.1, 0.15) is 0 Å². The molecule has 0 saturated heterocycles. The molecular formula is C5H5N2O2. The van der Waals surface area contributed by atoms with Crippen molar-refractivity contribution in [3.05, 3.63) is 12.3 Å². The molecule has 0 unspecified atom stereocenters. The first-order valence-electron chi connectivity index (χ1n) is 2.36. The van der Waals surface area contributed by atoms with Crippen LogP contribution < -0.4 is 4.74 Å². The SMILES string of the molecule is Cn1nccc1O[C]=O. The molecule has 0 aliphatic carbocycles. The number of aryl methyl sites for hydroxylation is 1. The number of aromatic nitrogens is 2. The molecular weight excluding hydrogens is 120 g/mol. The maximum Gasteiger partial charge on any atom is 0.424 e. The molecule has 4 heteroatoms. The van der Waals surface area contributed by atoms with E-state index in [9.17, 15) is 4.79 Å². The van der Waals surface area contributed by atoms with E-state index in [0.717, 1.165) is 0 Å². The van der Waals surface area contributed by atoms with Gasteiger partial charge in [0.25, 0.3) is 0 Å². The molecule has 9 heavy (non-hydrogen) atoms. The van der Waals surface area contributed by atoms with Crippen LogP contribution in [-0.4, -0.2) is 16.3 Å². The van der Waals surface area contributed by atoms with Crippen molar-refractivity contribution in [1.29, 1.82) is 0 Å². The maximum atomic E-state index is 9.64. The molecule has 47 valence electrons. The van der Waals surface area contributed by atoms with Gasteiger partial charge in [-0.2, -0.15) is 5.10 Å². The Morgan fingerprint density at radius 1 is 1.89 bits per heavy atom. The van der Waals surface area contributed by atoms with Crippen molar-refractivity contribution in [1.82, 2.24) is 9.78 Å². The van der Waals surface area contributed by atoms with Gasteiger partial charge in [0.2, 0.25) is 5.88 Å². The highest BCUT2D eigenvalue weighted by molar-refractivity contribution is 5.43. The van der Waals surface area contributed by atoms with Crippen molar-refractivity contribution < 1.29 is 9.53 Å². The summed E-state index contributed by atoms with van der Waals surface area (Å²) in [5.41, 5.74) is 0. The molecule has 0 amide bonds. The van der Waals surface area contributed by atoms with Crippen LogP contribution in [-0.2, 0) is 11.8 Å². The van der Waals surface area contributed by atoms with Crippen molar-refractivity contribution in [3.63, 3.8) is 0 Å². The van der Waals surface area contributed by atoms with Gasteiger partial charge in [-0.3, -0.25) is 0 Å². The minimum absolute atomic E-state index is 0.394. The van der Waals surface area contributed by atoms with Crippen LogP contribution in [0.1, 0.15) is 0 Å². The van der Waals surface area contributed by atoms with E-state index in [4.69, 9.17) is 0 Å². The Balaban J connectivity index is 2.80. The summed E-state index contributed by atoms with van der Waals surface area (Å²) in [6.07, 6.45) is 1.53. The summed E-state index contributed by atoms with van der Waals surface area (Å²) in [7, 11) is 1.67. The molecule has 0 saturated carbocycles. The van der Waals surface area contributed by atoms with Crippen LogP contribution in [0.25, 0.3) is 0 Å². The summed E-state index contributed by atoms with van der Waals surface area (Å²) in [4.78, 5) is 9.64. The fraction of sp³-hybridized carbons (Fsp3) is 0.200. The van der Waals surface area contributed by atoms with Gasteiger partial charge >= 0.3 is 6.47 Å². The number of hydrogen-bond donors (Lipinski definition) is 0. The van der Waals surface area contributed by atoms with Gasteiger partial charge in [0, 0.05) is 13.1 Å². The van der Waals surface area contributed by atoms with Gasteiger partial charge in [-0.15, -0.1) is 0 Å². The summed E-state index contributed by atoms with van der Waals surface area (Å²) in [5, 5.41) is 3.75. The standard InChI is InChI=1S/C5H5N2O2/c1-7-5(9-4-8)2-3-6-7/h2-3H,1H3. The second-order valence-electron chi connectivity index (χ2n) is 1.48. The highest BCUT2D eigenvalue weighted by Gasteiger charge is 1.95. The first kappa shape index (κ1) is 5.81. The lowest BCUT2D eigenvalue weighted by Crippen LogP contribution is -1.96. The predicted octanol–water partition coefficient (Wildman–Crippen LogP) is -0.134. The van der Waals surface area contributed by atoms with Crippen LogP contribution in [0.5, 0.6) is 5.88 Å². The van der Waals surface area contributed by atoms with Crippen LogP contribution in [0.4, 0.5) is 0 Å². The predicted molar refractivity (Wildman–Crippen MR) is 29.5 cm³/mol. The van der Waals surface area contributed by atoms with Crippen molar-refractivity contribution in [3.8, 4) is 5.88 Å². The molecule has 0 N–H and O–H groups in total. The molecule has 0 bridgehead atoms. The highest BCUT2D eigenvalue weighted by Crippen LogP contribution is 2.03. The minimum Gasteiger partial charge on any atom is -0.399 e. The Kier molecular flexibility index (Phi) is 1.48. The number of hydrogen-bond acceptors (Lipinski definition) is 3. The first-order chi connectivity index (χ1) is 4.34. The average molecular weight is 125 g/mol. The van der Waals surface area contributed by atoms with Crippen LogP contribution in [0, 0.1) is 0 Å². The molecule has 0 aromatic carbocycles. The van der Waals surface area contributed by atoms with E-state index in [2.05, 4.69) is 9.84 Å². The van der Waals surface area contributed by atoms with Gasteiger partial charge in [-0.1, -0.05) is 0 Å². The third-order valence-electron chi connectivity index (χ3n) is 0.922. The summed E-state index contributed by atoms with van der Waals surface area (Å²) < 4.78 is 5.81. The summed E-state index contributed by atoms with van der Waals surface area (Å²) in [6.45, 7) is 1.30. The number of rotatable bonds is 2. The molecule has 0 fully saturated rings. The van der Waals surface area contributed by atoms with E-state index < -0.39 is 0 Å². The largest absolute Gasteiger partial charge is 0.424 e. The molecule has 1 rings (SSSR count). The lowest BCUT2D eigenvalue weighted by molar-refractivity contribution is 0.416. The fourth-order valence-corrected chi connectivity index (χ4v) is 0.505. The summed E-state index contributed by atoms with van der Waals surface area (Å²) in [6, 6.07) is 1.57. The van der Waals surface area contributed by atoms with E-state index in [1.165, 1.54) is 17.4 Å². The zero-order valence-electron chi connectivity index (χ0n) is 4.87. The van der Waals surface area contributed by atoms with Crippen LogP contribution >= 0.6 is 0 Å². The molecule has 0 aliphatic rings. The van der Waals surface area contributed by atoms with Crippen molar-refractivity contribution in [2.45, 2.75) is 0 Å². The molecule has 1 aromatic heterocycles. The lowest BCUT2D eigenvalue weighted by Gasteiger charge is -1.92. The molecule has 4 nitrogen and oxygen atoms in total. The zero-order chi connectivity index (χ0) is 6.69. The van der Waals surface area contributed by atoms with Gasteiger partial charge in [0.15, 0.2) is 0 Å². The third-order valence-corrected chi connectivity index (χ3v) is 0.922. The number of nitrogens with zero attached hydrogens (tertiary/aromatic N) is 2. The topological polar surface area (TPSA) is 44.1 Å². The second-order valence-corrected chi connectivity index (χ2v) is 1.48. The Morgan fingerprint density at radius 3 is 3.11 bits per heavy atom. The van der Waals surface area contributed by atoms with Crippen LogP contribution in [0.3, 0.4) is 0 Å². The second kappa shape index (κ2) is 2.30. The summed E-state index contributed by atoms with van der Waals surface area (Å²) >= 11 is 0. The van der Waals surface area contributed by atoms with Crippen molar-refractivity contribution in [2.75, 3.05) is 0 Å². The smallest absolute Gasteiger partial charge is 0.399 e. The lowest BCUT2D eigenvalue weighted by atomic mass is 10.7. The Bertz CT molecular complexity index is 206. The quantitative estimate of drug-likeness (QED) is 0.552. The highest BCUT2D eigenvalue weighted by atomic mass is 16.5.